The van der Waals surface area contributed by atoms with Crippen molar-refractivity contribution in [2.75, 3.05) is 11.0 Å². The van der Waals surface area contributed by atoms with E-state index in [4.69, 9.17) is 9.84 Å². The summed E-state index contributed by atoms with van der Waals surface area (Å²) in [6.07, 6.45) is 0.987. The second-order valence-corrected chi connectivity index (χ2v) is 8.37. The van der Waals surface area contributed by atoms with Crippen molar-refractivity contribution < 1.29 is 37.5 Å². The van der Waals surface area contributed by atoms with Crippen LogP contribution in [-0.4, -0.2) is 36.6 Å². The minimum absolute atomic E-state index is 0.0160. The second kappa shape index (κ2) is 11.4. The molecular weight excluding hydrogens is 468 g/mol. The topological polar surface area (TPSA) is 162 Å². The van der Waals surface area contributed by atoms with Crippen molar-refractivity contribution in [2.24, 2.45) is 0 Å². The van der Waals surface area contributed by atoms with Crippen LogP contribution in [0.25, 0.3) is 0 Å². The average Bonchev–Trinajstić information content (AvgIpc) is 2.75. The Morgan fingerprint density at radius 2 is 1.59 bits per heavy atom. The molecule has 0 saturated heterocycles. The van der Waals surface area contributed by atoms with Crippen molar-refractivity contribution in [3.05, 3.63) is 88.5 Å². The number of benzene rings is 3. The van der Waals surface area contributed by atoms with Gasteiger partial charge in [-0.1, -0.05) is 30.3 Å². The highest BCUT2D eigenvalue weighted by molar-refractivity contribution is 7.92. The number of hydrogen-bond acceptors (Lipinski definition) is 8. The van der Waals surface area contributed by atoms with Gasteiger partial charge in [-0.05, 0) is 30.3 Å². The highest BCUT2D eigenvalue weighted by atomic mass is 32.2. The molecule has 0 aliphatic rings. The zero-order valence-corrected chi connectivity index (χ0v) is 18.8. The number of esters is 1. The summed E-state index contributed by atoms with van der Waals surface area (Å²) in [5.41, 5.74) is -0.0790. The van der Waals surface area contributed by atoms with E-state index in [0.717, 1.165) is 6.26 Å². The van der Waals surface area contributed by atoms with E-state index in [0.29, 0.717) is 5.75 Å². The van der Waals surface area contributed by atoms with Gasteiger partial charge in [0.25, 0.3) is 5.69 Å². The molecule has 11 nitrogen and oxygen atoms in total. The van der Waals surface area contributed by atoms with Gasteiger partial charge in [-0.3, -0.25) is 19.6 Å². The van der Waals surface area contributed by atoms with Gasteiger partial charge in [0.2, 0.25) is 10.0 Å². The van der Waals surface area contributed by atoms with Crippen LogP contribution in [0.4, 0.5) is 11.4 Å². The molecule has 34 heavy (non-hydrogen) atoms. The van der Waals surface area contributed by atoms with Gasteiger partial charge >= 0.3 is 11.9 Å². The lowest BCUT2D eigenvalue weighted by Gasteiger charge is -2.11. The fraction of sp³-hybridized carbons (Fsp3) is 0.0909. The number of carboxylic acids is 1. The predicted octanol–water partition coefficient (Wildman–Crippen LogP) is 4.07. The van der Waals surface area contributed by atoms with Crippen molar-refractivity contribution >= 4 is 33.3 Å². The van der Waals surface area contributed by atoms with Crippen LogP contribution in [0, 0.1) is 10.1 Å². The minimum atomic E-state index is -3.52. The van der Waals surface area contributed by atoms with Gasteiger partial charge in [-0.25, -0.2) is 13.2 Å². The second-order valence-electron chi connectivity index (χ2n) is 6.62. The van der Waals surface area contributed by atoms with Gasteiger partial charge in [-0.15, -0.1) is 0 Å². The summed E-state index contributed by atoms with van der Waals surface area (Å²) < 4.78 is 35.1. The van der Waals surface area contributed by atoms with E-state index in [1.165, 1.54) is 37.3 Å². The third-order valence-electron chi connectivity index (χ3n) is 3.81. The molecule has 0 amide bonds. The Labute approximate surface area is 194 Å². The highest BCUT2D eigenvalue weighted by Gasteiger charge is 2.15. The number of nitrogens with one attached hydrogen (secondary N) is 1. The van der Waals surface area contributed by atoms with Gasteiger partial charge < -0.3 is 14.6 Å². The minimum Gasteiger partial charge on any atom is -0.478 e. The Kier molecular flexibility index (Phi) is 8.67. The van der Waals surface area contributed by atoms with Gasteiger partial charge in [-0.2, -0.15) is 0 Å². The van der Waals surface area contributed by atoms with Crippen molar-refractivity contribution in [1.29, 1.82) is 0 Å². The highest BCUT2D eigenvalue weighted by Crippen LogP contribution is 2.33. The molecule has 3 rings (SSSR count). The molecule has 3 aromatic carbocycles. The maximum atomic E-state index is 11.3. The third-order valence-corrected chi connectivity index (χ3v) is 4.40. The smallest absolute Gasteiger partial charge is 0.339 e. The van der Waals surface area contributed by atoms with Gasteiger partial charge in [0.05, 0.1) is 22.9 Å². The lowest BCUT2D eigenvalue weighted by molar-refractivity contribution is -0.384. The van der Waals surface area contributed by atoms with Crippen LogP contribution in [0.5, 0.6) is 17.2 Å². The van der Waals surface area contributed by atoms with E-state index in [2.05, 4.69) is 9.46 Å². The number of sulfonamides is 1. The molecule has 0 aliphatic carbocycles. The van der Waals surface area contributed by atoms with Gasteiger partial charge in [0, 0.05) is 13.0 Å². The first-order chi connectivity index (χ1) is 16.0. The molecule has 0 heterocycles. The number of ether oxygens (including phenoxy) is 2. The van der Waals surface area contributed by atoms with Crippen LogP contribution in [0.2, 0.25) is 0 Å². The molecule has 0 aliphatic heterocycles. The number of nitro groups is 1. The summed E-state index contributed by atoms with van der Waals surface area (Å²) in [7, 11) is -3.52. The van der Waals surface area contributed by atoms with E-state index in [-0.39, 0.29) is 28.4 Å². The molecule has 12 heteroatoms. The fourth-order valence-electron chi connectivity index (χ4n) is 2.50. The number of nitrogens with zero attached hydrogens (tertiary/aromatic N) is 1. The molecule has 0 radical (unpaired) electrons. The predicted molar refractivity (Wildman–Crippen MR) is 123 cm³/mol. The van der Waals surface area contributed by atoms with Crippen molar-refractivity contribution in [1.82, 2.24) is 0 Å². The van der Waals surface area contributed by atoms with Gasteiger partial charge in [0.1, 0.15) is 17.1 Å². The average molecular weight is 488 g/mol. The monoisotopic (exact) mass is 488 g/mol. The molecule has 0 fully saturated rings. The molecule has 0 unspecified atom stereocenters. The first-order valence-electron chi connectivity index (χ1n) is 9.46. The zero-order valence-electron chi connectivity index (χ0n) is 18.0. The molecule has 0 spiro atoms. The summed E-state index contributed by atoms with van der Waals surface area (Å²) in [4.78, 5) is 31.4. The van der Waals surface area contributed by atoms with E-state index in [1.807, 2.05) is 0 Å². The van der Waals surface area contributed by atoms with E-state index in [9.17, 15) is 28.1 Å². The van der Waals surface area contributed by atoms with Crippen molar-refractivity contribution in [3.63, 3.8) is 0 Å². The van der Waals surface area contributed by atoms with Crippen LogP contribution >= 0.6 is 0 Å². The van der Waals surface area contributed by atoms with Crippen LogP contribution in [0.15, 0.2) is 72.8 Å². The molecule has 2 N–H and O–H groups in total. The molecule has 0 atom stereocenters. The molecule has 0 bridgehead atoms. The summed E-state index contributed by atoms with van der Waals surface area (Å²) in [5.74, 6) is -1.08. The summed E-state index contributed by atoms with van der Waals surface area (Å²) >= 11 is 0. The SMILES string of the molecule is CC(=O)Oc1ccccc1C(=O)O.CS(=O)(=O)Nc1ccc([N+](=O)[O-])cc1Oc1ccccc1. The zero-order chi connectivity index (χ0) is 25.3. The number of non-ortho nitro benzene ring substituents is 1. The lowest BCUT2D eigenvalue weighted by Crippen LogP contribution is -2.10. The number of aromatic carboxylic acids is 1. The van der Waals surface area contributed by atoms with E-state index >= 15 is 0 Å². The molecule has 3 aromatic rings. The Balaban J connectivity index is 0.000000270. The number of nitro benzene ring substituents is 1. The van der Waals surface area contributed by atoms with Crippen LogP contribution in [-0.2, 0) is 14.8 Å². The number of carbonyl (C=O) groups excluding carboxylic acids is 1. The number of rotatable bonds is 7. The number of hydrogen-bond donors (Lipinski definition) is 2. The maximum absolute atomic E-state index is 11.3. The quantitative estimate of drug-likeness (QED) is 0.216. The fourth-order valence-corrected chi connectivity index (χ4v) is 3.06. The Morgan fingerprint density at radius 1 is 0.971 bits per heavy atom. The number of anilines is 1. The summed E-state index contributed by atoms with van der Waals surface area (Å²) in [5, 5.41) is 19.5. The Morgan fingerprint density at radius 3 is 2.15 bits per heavy atom. The summed E-state index contributed by atoms with van der Waals surface area (Å²) in [6, 6.07) is 18.2. The maximum Gasteiger partial charge on any atom is 0.339 e. The van der Waals surface area contributed by atoms with Crippen LogP contribution < -0.4 is 14.2 Å². The molecular formula is C22H20N2O9S. The Hall–Kier alpha value is -4.45. The molecule has 178 valence electrons. The van der Waals surface area contributed by atoms with Crippen molar-refractivity contribution in [3.8, 4) is 17.2 Å². The van der Waals surface area contributed by atoms with E-state index < -0.39 is 26.9 Å². The van der Waals surface area contributed by atoms with Crippen molar-refractivity contribution in [2.45, 2.75) is 6.92 Å². The Bertz CT molecular complexity index is 1290. The van der Waals surface area contributed by atoms with E-state index in [1.54, 1.807) is 42.5 Å². The first kappa shape index (κ1) is 25.8. The van der Waals surface area contributed by atoms with Crippen LogP contribution in [0.1, 0.15) is 17.3 Å². The number of carboxylic acid groups (broad SMARTS) is 1. The third kappa shape index (κ3) is 8.24. The number of carbonyl (C=O) groups is 2. The lowest BCUT2D eigenvalue weighted by atomic mass is 10.2. The van der Waals surface area contributed by atoms with Crippen LogP contribution in [0.3, 0.4) is 0 Å². The summed E-state index contributed by atoms with van der Waals surface area (Å²) in [6.45, 7) is 1.22. The standard InChI is InChI=1S/C13H12N2O5S.C9H8O4/c1-21(18,19)14-12-8-7-10(15(16)17)9-13(12)20-11-5-3-2-4-6-11;1-6(10)13-8-5-3-2-4-7(8)9(11)12/h2-9,14H,1H3;2-5H,1H3,(H,11,12). The first-order valence-corrected chi connectivity index (χ1v) is 11.4. The molecule has 0 aromatic heterocycles. The molecule has 0 saturated carbocycles. The van der Waals surface area contributed by atoms with Gasteiger partial charge in [0.15, 0.2) is 5.75 Å². The largest absolute Gasteiger partial charge is 0.478 e. The number of para-hydroxylation sites is 2. The normalized spacial score (nSPS) is 10.3.